The molecule has 0 unspecified atom stereocenters. The van der Waals surface area contributed by atoms with Gasteiger partial charge in [0.25, 0.3) is 5.91 Å². The van der Waals surface area contributed by atoms with Crippen LogP contribution in [0, 0.1) is 0 Å². The van der Waals surface area contributed by atoms with Crippen LogP contribution < -0.4 is 14.4 Å². The van der Waals surface area contributed by atoms with Gasteiger partial charge in [-0.15, -0.1) is 0 Å². The zero-order valence-electron chi connectivity index (χ0n) is 16.5. The van der Waals surface area contributed by atoms with Crippen LogP contribution in [0.2, 0.25) is 0 Å². The fraction of sp³-hybridized carbons (Fsp3) is 0.389. The van der Waals surface area contributed by atoms with Crippen molar-refractivity contribution in [2.24, 2.45) is 0 Å². The Bertz CT molecular complexity index is 1150. The van der Waals surface area contributed by atoms with Crippen molar-refractivity contribution >= 4 is 33.3 Å². The van der Waals surface area contributed by atoms with Gasteiger partial charge in [-0.3, -0.25) is 4.79 Å². The molecule has 1 amide bonds. The van der Waals surface area contributed by atoms with E-state index in [1.54, 1.807) is 13.0 Å². The lowest BCUT2D eigenvalue weighted by molar-refractivity contribution is -0.182. The first-order valence-electron chi connectivity index (χ1n) is 9.45. The van der Waals surface area contributed by atoms with Gasteiger partial charge in [0, 0.05) is 24.4 Å². The number of amides is 1. The maximum atomic E-state index is 12.9. The highest BCUT2D eigenvalue weighted by Gasteiger charge is 2.49. The van der Waals surface area contributed by atoms with Crippen molar-refractivity contribution in [2.75, 3.05) is 30.0 Å². The summed E-state index contributed by atoms with van der Waals surface area (Å²) in [5, 5.41) is 2.66. The summed E-state index contributed by atoms with van der Waals surface area (Å²) in [6.07, 6.45) is 0.922. The maximum Gasteiger partial charge on any atom is 0.534 e. The van der Waals surface area contributed by atoms with Crippen LogP contribution >= 0.6 is 0 Å². The number of carbonyl (C=O) groups is 1. The minimum Gasteiger partial charge on any atom is -0.355 e. The molecule has 4 heterocycles. The highest BCUT2D eigenvalue weighted by atomic mass is 32.2. The zero-order chi connectivity index (χ0) is 23.1. The number of carbonyl (C=O) groups excluding carboxylic acids is 1. The fourth-order valence-corrected chi connectivity index (χ4v) is 3.68. The van der Waals surface area contributed by atoms with Crippen LogP contribution in [0.15, 0.2) is 24.4 Å². The number of halogens is 3. The summed E-state index contributed by atoms with van der Waals surface area (Å²) >= 11 is 0. The quantitative estimate of drug-likeness (QED) is 0.527. The zero-order valence-corrected chi connectivity index (χ0v) is 17.4. The number of ether oxygens (including phenoxy) is 2. The van der Waals surface area contributed by atoms with Crippen LogP contribution in [0.1, 0.15) is 35.6 Å². The van der Waals surface area contributed by atoms with Crippen molar-refractivity contribution in [1.82, 2.24) is 9.97 Å². The van der Waals surface area contributed by atoms with Crippen molar-refractivity contribution in [3.63, 3.8) is 0 Å². The smallest absolute Gasteiger partial charge is 0.355 e. The molecule has 4 rings (SSSR count). The van der Waals surface area contributed by atoms with Crippen molar-refractivity contribution in [3.05, 3.63) is 35.5 Å². The first kappa shape index (κ1) is 22.2. The van der Waals surface area contributed by atoms with Crippen molar-refractivity contribution in [3.8, 4) is 5.88 Å². The van der Waals surface area contributed by atoms with Gasteiger partial charge in [0.2, 0.25) is 5.88 Å². The summed E-state index contributed by atoms with van der Waals surface area (Å²) in [7, 11) is -6.00. The van der Waals surface area contributed by atoms with Gasteiger partial charge in [-0.25, -0.2) is 4.98 Å². The highest BCUT2D eigenvalue weighted by Crippen LogP contribution is 2.43. The van der Waals surface area contributed by atoms with Crippen LogP contribution in [0.4, 0.5) is 30.5 Å². The molecule has 10 nitrogen and oxygen atoms in total. The number of anilines is 3. The van der Waals surface area contributed by atoms with E-state index in [0.29, 0.717) is 6.42 Å². The Morgan fingerprint density at radius 2 is 2.00 bits per heavy atom. The SMILES string of the molecule is CCN1c2ncccc2C(=O)Nc2c(C3OCCCO3)cc(OS(=O)(=O)C(F)(F)F)nc21. The lowest BCUT2D eigenvalue weighted by atomic mass is 10.1. The van der Waals surface area contributed by atoms with E-state index in [2.05, 4.69) is 19.5 Å². The number of nitrogens with one attached hydrogen (secondary N) is 1. The topological polar surface area (TPSA) is 120 Å². The Balaban J connectivity index is 1.92. The average molecular weight is 474 g/mol. The number of rotatable bonds is 4. The molecule has 32 heavy (non-hydrogen) atoms. The number of alkyl halides is 3. The van der Waals surface area contributed by atoms with E-state index < -0.39 is 33.7 Å². The van der Waals surface area contributed by atoms with E-state index in [1.807, 2.05) is 0 Å². The third-order valence-corrected chi connectivity index (χ3v) is 5.62. The van der Waals surface area contributed by atoms with Gasteiger partial charge in [-0.1, -0.05) is 0 Å². The summed E-state index contributed by atoms with van der Waals surface area (Å²) < 4.78 is 77.3. The lowest BCUT2D eigenvalue weighted by Crippen LogP contribution is -2.29. The number of nitrogens with zero attached hydrogens (tertiary/aromatic N) is 3. The van der Waals surface area contributed by atoms with Gasteiger partial charge in [0.1, 0.15) is 5.82 Å². The number of hydrogen-bond donors (Lipinski definition) is 1. The van der Waals surface area contributed by atoms with Crippen molar-refractivity contribution in [1.29, 1.82) is 0 Å². The van der Waals surface area contributed by atoms with Crippen LogP contribution in [0.5, 0.6) is 5.88 Å². The van der Waals surface area contributed by atoms with E-state index >= 15 is 0 Å². The predicted molar refractivity (Wildman–Crippen MR) is 104 cm³/mol. The Morgan fingerprint density at radius 1 is 1.28 bits per heavy atom. The summed E-state index contributed by atoms with van der Waals surface area (Å²) in [5.74, 6) is -1.28. The molecule has 0 atom stereocenters. The number of hydrogen-bond acceptors (Lipinski definition) is 9. The largest absolute Gasteiger partial charge is 0.534 e. The molecule has 0 aromatic carbocycles. The van der Waals surface area contributed by atoms with Gasteiger partial charge in [0.15, 0.2) is 12.1 Å². The van der Waals surface area contributed by atoms with Gasteiger partial charge in [-0.2, -0.15) is 26.6 Å². The summed E-state index contributed by atoms with van der Waals surface area (Å²) in [6, 6.07) is 4.01. The first-order chi connectivity index (χ1) is 15.1. The molecule has 1 fully saturated rings. The monoisotopic (exact) mass is 474 g/mol. The van der Waals surface area contributed by atoms with Crippen molar-refractivity contribution < 1.29 is 40.0 Å². The van der Waals surface area contributed by atoms with Crippen LogP contribution in [0.25, 0.3) is 0 Å². The van der Waals surface area contributed by atoms with E-state index in [1.165, 1.54) is 17.2 Å². The Hall–Kier alpha value is -2.97. The van der Waals surface area contributed by atoms with E-state index in [4.69, 9.17) is 9.47 Å². The standard InChI is InChI=1S/C18H17F3N4O6S/c1-2-25-14-10(5-3-6-22-14)16(26)24-13-11(17-29-7-4-8-30-17)9-12(23-15(13)25)31-32(27,28)18(19,20)21/h3,5-6,9,17H,2,4,7-8H2,1H3,(H,24,26). The second-order valence-electron chi connectivity index (χ2n) is 6.73. The third kappa shape index (κ3) is 3.96. The normalized spacial score (nSPS) is 17.2. The molecule has 14 heteroatoms. The molecule has 0 saturated carbocycles. The molecule has 1 saturated heterocycles. The molecule has 0 aliphatic carbocycles. The molecule has 0 bridgehead atoms. The van der Waals surface area contributed by atoms with Gasteiger partial charge < -0.3 is 23.9 Å². The first-order valence-corrected chi connectivity index (χ1v) is 10.9. The summed E-state index contributed by atoms with van der Waals surface area (Å²) in [5.41, 5.74) is -5.33. The van der Waals surface area contributed by atoms with E-state index in [-0.39, 0.29) is 48.2 Å². The minimum atomic E-state index is -6.00. The lowest BCUT2D eigenvalue weighted by Gasteiger charge is -2.28. The molecular weight excluding hydrogens is 457 g/mol. The number of aromatic nitrogens is 2. The molecule has 172 valence electrons. The van der Waals surface area contributed by atoms with Crippen LogP contribution in [0.3, 0.4) is 0 Å². The summed E-state index contributed by atoms with van der Waals surface area (Å²) in [4.78, 5) is 22.5. The second kappa shape index (κ2) is 8.18. The van der Waals surface area contributed by atoms with Gasteiger partial charge in [0.05, 0.1) is 24.5 Å². The number of fused-ring (bicyclic) bond motifs is 2. The Morgan fingerprint density at radius 3 is 2.66 bits per heavy atom. The Kier molecular flexibility index (Phi) is 5.68. The minimum absolute atomic E-state index is 0.0571. The fourth-order valence-electron chi connectivity index (χ4n) is 3.28. The number of pyridine rings is 2. The molecule has 2 aliphatic rings. The van der Waals surface area contributed by atoms with E-state index in [9.17, 15) is 26.4 Å². The molecule has 2 aliphatic heterocycles. The summed E-state index contributed by atoms with van der Waals surface area (Å²) in [6.45, 7) is 2.46. The molecule has 2 aromatic heterocycles. The molecular formula is C18H17F3N4O6S. The second-order valence-corrected chi connectivity index (χ2v) is 8.27. The highest BCUT2D eigenvalue weighted by molar-refractivity contribution is 7.87. The molecule has 2 aromatic rings. The predicted octanol–water partition coefficient (Wildman–Crippen LogP) is 2.86. The molecule has 1 N–H and O–H groups in total. The van der Waals surface area contributed by atoms with Gasteiger partial charge in [-0.05, 0) is 25.5 Å². The average Bonchev–Trinajstić information content (AvgIpc) is 2.87. The Labute approximate surface area is 180 Å². The molecule has 0 spiro atoms. The maximum absolute atomic E-state index is 12.9. The van der Waals surface area contributed by atoms with E-state index in [0.717, 1.165) is 6.07 Å². The van der Waals surface area contributed by atoms with Crippen LogP contribution in [-0.4, -0.2) is 49.6 Å². The molecule has 0 radical (unpaired) electrons. The third-order valence-electron chi connectivity index (χ3n) is 4.66. The van der Waals surface area contributed by atoms with Crippen LogP contribution in [-0.2, 0) is 19.6 Å². The van der Waals surface area contributed by atoms with Gasteiger partial charge >= 0.3 is 15.6 Å². The van der Waals surface area contributed by atoms with Crippen molar-refractivity contribution in [2.45, 2.75) is 25.1 Å².